The lowest BCUT2D eigenvalue weighted by Gasteiger charge is -2.26. The second-order valence-electron chi connectivity index (χ2n) is 4.02. The van der Waals surface area contributed by atoms with E-state index in [0.717, 1.165) is 0 Å². The molecule has 17 heavy (non-hydrogen) atoms. The van der Waals surface area contributed by atoms with Crippen LogP contribution in [0.3, 0.4) is 0 Å². The van der Waals surface area contributed by atoms with Gasteiger partial charge in [-0.25, -0.2) is 0 Å². The highest BCUT2D eigenvalue weighted by atomic mass is 79.9. The maximum atomic E-state index is 12.2. The van der Waals surface area contributed by atoms with Gasteiger partial charge in [0.1, 0.15) is 11.5 Å². The van der Waals surface area contributed by atoms with Gasteiger partial charge in [-0.1, -0.05) is 15.9 Å². The number of hydrogen-bond donors (Lipinski definition) is 2. The smallest absolute Gasteiger partial charge is 0.254 e. The standard InChI is InChI=1S/C12H16BrNO3/c1-8(2)14(4-3-13)12(17)9-5-10(15)7-11(16)6-9/h5-8,15-16H,3-4H2,1-2H3. The van der Waals surface area contributed by atoms with Gasteiger partial charge >= 0.3 is 0 Å². The molecule has 4 nitrogen and oxygen atoms in total. The molecule has 5 heteroatoms. The number of phenols is 2. The highest BCUT2D eigenvalue weighted by Gasteiger charge is 2.19. The monoisotopic (exact) mass is 301 g/mol. The molecule has 0 heterocycles. The molecular weight excluding hydrogens is 286 g/mol. The fourth-order valence-electron chi connectivity index (χ4n) is 1.57. The molecule has 0 fully saturated rings. The first-order chi connectivity index (χ1) is 7.95. The van der Waals surface area contributed by atoms with E-state index in [4.69, 9.17) is 0 Å². The van der Waals surface area contributed by atoms with E-state index >= 15 is 0 Å². The summed E-state index contributed by atoms with van der Waals surface area (Å²) in [5.74, 6) is -0.433. The van der Waals surface area contributed by atoms with Crippen LogP contribution in [-0.4, -0.2) is 38.9 Å². The number of rotatable bonds is 4. The summed E-state index contributed by atoms with van der Waals surface area (Å²) < 4.78 is 0. The lowest BCUT2D eigenvalue weighted by Crippen LogP contribution is -2.38. The maximum Gasteiger partial charge on any atom is 0.254 e. The normalized spacial score (nSPS) is 10.6. The average molecular weight is 302 g/mol. The van der Waals surface area contributed by atoms with Gasteiger partial charge in [0.15, 0.2) is 0 Å². The molecule has 1 amide bonds. The predicted octanol–water partition coefficient (Wildman–Crippen LogP) is 2.34. The lowest BCUT2D eigenvalue weighted by molar-refractivity contribution is 0.0718. The minimum absolute atomic E-state index is 0.0598. The van der Waals surface area contributed by atoms with Crippen molar-refractivity contribution in [3.8, 4) is 11.5 Å². The zero-order chi connectivity index (χ0) is 13.0. The predicted molar refractivity (Wildman–Crippen MR) is 69.7 cm³/mol. The largest absolute Gasteiger partial charge is 0.508 e. The van der Waals surface area contributed by atoms with Crippen LogP contribution < -0.4 is 0 Å². The summed E-state index contributed by atoms with van der Waals surface area (Å²) in [6, 6.07) is 3.96. The first-order valence-electron chi connectivity index (χ1n) is 5.35. The molecular formula is C12H16BrNO3. The van der Waals surface area contributed by atoms with Crippen LogP contribution in [0.4, 0.5) is 0 Å². The average Bonchev–Trinajstić information content (AvgIpc) is 2.23. The first-order valence-corrected chi connectivity index (χ1v) is 6.47. The van der Waals surface area contributed by atoms with Crippen LogP contribution in [0.25, 0.3) is 0 Å². The number of hydrogen-bond acceptors (Lipinski definition) is 3. The van der Waals surface area contributed by atoms with Crippen LogP contribution in [-0.2, 0) is 0 Å². The molecule has 0 aliphatic carbocycles. The highest BCUT2D eigenvalue weighted by Crippen LogP contribution is 2.22. The summed E-state index contributed by atoms with van der Waals surface area (Å²) in [4.78, 5) is 13.8. The quantitative estimate of drug-likeness (QED) is 0.839. The molecule has 0 unspecified atom stereocenters. The van der Waals surface area contributed by atoms with Crippen molar-refractivity contribution >= 4 is 21.8 Å². The Kier molecular flexibility index (Phi) is 4.81. The number of phenolic OH excluding ortho intramolecular Hbond substituents is 2. The molecule has 0 saturated heterocycles. The van der Waals surface area contributed by atoms with Gasteiger partial charge in [-0.05, 0) is 26.0 Å². The van der Waals surface area contributed by atoms with E-state index in [1.165, 1.54) is 18.2 Å². The van der Waals surface area contributed by atoms with E-state index < -0.39 is 0 Å². The number of benzene rings is 1. The molecule has 0 bridgehead atoms. The van der Waals surface area contributed by atoms with Gasteiger partial charge in [-0.2, -0.15) is 0 Å². The summed E-state index contributed by atoms with van der Waals surface area (Å²) in [6.45, 7) is 4.42. The number of carbonyl (C=O) groups excluding carboxylic acids is 1. The lowest BCUT2D eigenvalue weighted by atomic mass is 10.1. The van der Waals surface area contributed by atoms with Crippen molar-refractivity contribution in [3.05, 3.63) is 23.8 Å². The summed E-state index contributed by atoms with van der Waals surface area (Å²) in [7, 11) is 0. The van der Waals surface area contributed by atoms with Crippen molar-refractivity contribution in [2.75, 3.05) is 11.9 Å². The minimum atomic E-state index is -0.203. The van der Waals surface area contributed by atoms with E-state index in [2.05, 4.69) is 15.9 Å². The van der Waals surface area contributed by atoms with Crippen molar-refractivity contribution in [2.45, 2.75) is 19.9 Å². The van der Waals surface area contributed by atoms with Gasteiger partial charge in [-0.15, -0.1) is 0 Å². The Labute approximate surface area is 109 Å². The maximum absolute atomic E-state index is 12.2. The van der Waals surface area contributed by atoms with Crippen molar-refractivity contribution in [2.24, 2.45) is 0 Å². The Morgan fingerprint density at radius 2 is 1.82 bits per heavy atom. The Morgan fingerprint density at radius 1 is 1.29 bits per heavy atom. The van der Waals surface area contributed by atoms with E-state index in [-0.39, 0.29) is 29.0 Å². The van der Waals surface area contributed by atoms with Crippen LogP contribution in [0.15, 0.2) is 18.2 Å². The third-order valence-corrected chi connectivity index (χ3v) is 2.71. The van der Waals surface area contributed by atoms with Crippen molar-refractivity contribution < 1.29 is 15.0 Å². The Hall–Kier alpha value is -1.23. The molecule has 0 aliphatic rings. The molecule has 2 N–H and O–H groups in total. The Morgan fingerprint density at radius 3 is 2.24 bits per heavy atom. The summed E-state index contributed by atoms with van der Waals surface area (Å²) in [5, 5.41) is 19.4. The van der Waals surface area contributed by atoms with Crippen LogP contribution in [0.1, 0.15) is 24.2 Å². The molecule has 0 aromatic heterocycles. The van der Waals surface area contributed by atoms with E-state index in [1.807, 2.05) is 13.8 Å². The molecule has 1 aromatic carbocycles. The fraction of sp³-hybridized carbons (Fsp3) is 0.417. The van der Waals surface area contributed by atoms with Gasteiger partial charge in [0, 0.05) is 29.5 Å². The van der Waals surface area contributed by atoms with Crippen LogP contribution in [0.5, 0.6) is 11.5 Å². The molecule has 0 aliphatic heterocycles. The van der Waals surface area contributed by atoms with Gasteiger partial charge < -0.3 is 15.1 Å². The van der Waals surface area contributed by atoms with E-state index in [9.17, 15) is 15.0 Å². The fourth-order valence-corrected chi connectivity index (χ4v) is 1.95. The minimum Gasteiger partial charge on any atom is -0.508 e. The van der Waals surface area contributed by atoms with Crippen molar-refractivity contribution in [3.63, 3.8) is 0 Å². The first kappa shape index (κ1) is 13.8. The van der Waals surface area contributed by atoms with Gasteiger partial charge in [0.05, 0.1) is 0 Å². The van der Waals surface area contributed by atoms with Gasteiger partial charge in [0.25, 0.3) is 5.91 Å². The third-order valence-electron chi connectivity index (χ3n) is 2.36. The second-order valence-corrected chi connectivity index (χ2v) is 4.81. The topological polar surface area (TPSA) is 60.8 Å². The van der Waals surface area contributed by atoms with Crippen molar-refractivity contribution in [1.82, 2.24) is 4.90 Å². The number of nitrogens with zero attached hydrogens (tertiary/aromatic N) is 1. The van der Waals surface area contributed by atoms with Crippen LogP contribution in [0, 0.1) is 0 Å². The molecule has 0 spiro atoms. The van der Waals surface area contributed by atoms with E-state index in [1.54, 1.807) is 4.90 Å². The Balaban J connectivity index is 3.00. The number of alkyl halides is 1. The number of aromatic hydroxyl groups is 2. The molecule has 0 atom stereocenters. The van der Waals surface area contributed by atoms with Crippen LogP contribution >= 0.6 is 15.9 Å². The van der Waals surface area contributed by atoms with Gasteiger partial charge in [-0.3, -0.25) is 4.79 Å². The van der Waals surface area contributed by atoms with Crippen LogP contribution in [0.2, 0.25) is 0 Å². The SMILES string of the molecule is CC(C)N(CCBr)C(=O)c1cc(O)cc(O)c1. The summed E-state index contributed by atoms with van der Waals surface area (Å²) in [5.41, 5.74) is 0.289. The zero-order valence-electron chi connectivity index (χ0n) is 9.85. The highest BCUT2D eigenvalue weighted by molar-refractivity contribution is 9.09. The second kappa shape index (κ2) is 5.91. The van der Waals surface area contributed by atoms with Gasteiger partial charge in [0.2, 0.25) is 0 Å². The Bertz CT molecular complexity index is 386. The number of amides is 1. The zero-order valence-corrected chi connectivity index (χ0v) is 11.4. The van der Waals surface area contributed by atoms with E-state index in [0.29, 0.717) is 11.9 Å². The van der Waals surface area contributed by atoms with Crippen molar-refractivity contribution in [1.29, 1.82) is 0 Å². The number of carbonyl (C=O) groups is 1. The number of halogens is 1. The molecule has 0 saturated carbocycles. The molecule has 1 aromatic rings. The molecule has 1 rings (SSSR count). The summed E-state index contributed by atoms with van der Waals surface area (Å²) in [6.07, 6.45) is 0. The molecule has 0 radical (unpaired) electrons. The molecule has 94 valence electrons. The summed E-state index contributed by atoms with van der Waals surface area (Å²) >= 11 is 3.30. The third kappa shape index (κ3) is 3.63.